The number of fused-ring (bicyclic) bond motifs is 2. The zero-order valence-corrected chi connectivity index (χ0v) is 17.4. The minimum atomic E-state index is -0.00710. The van der Waals surface area contributed by atoms with Crippen molar-refractivity contribution in [2.24, 2.45) is 0 Å². The topological polar surface area (TPSA) is 30.2 Å². The highest BCUT2D eigenvalue weighted by atomic mass is 79.9. The molecule has 0 aliphatic carbocycles. The lowest BCUT2D eigenvalue weighted by Crippen LogP contribution is -2.04. The lowest BCUT2D eigenvalue weighted by molar-refractivity contribution is 0.661. The fourth-order valence-corrected chi connectivity index (χ4v) is 4.44. The monoisotopic (exact) mass is 440 g/mol. The Kier molecular flexibility index (Phi) is 4.33. The predicted octanol–water partition coefficient (Wildman–Crippen LogP) is 7.35. The highest BCUT2D eigenvalue weighted by Gasteiger charge is 2.19. The van der Waals surface area contributed by atoms with E-state index in [4.69, 9.17) is 4.42 Å². The molecule has 2 nitrogen and oxygen atoms in total. The smallest absolute Gasteiger partial charge is 0.200 e. The first-order valence-corrected chi connectivity index (χ1v) is 10.2. The average molecular weight is 441 g/mol. The molecule has 0 saturated carbocycles. The Morgan fingerprint density at radius 2 is 1.45 bits per heavy atom. The molecule has 0 radical (unpaired) electrons. The summed E-state index contributed by atoms with van der Waals surface area (Å²) in [6.07, 6.45) is 0. The van der Waals surface area contributed by atoms with Crippen molar-refractivity contribution in [1.82, 2.24) is 0 Å². The second kappa shape index (κ2) is 7.02. The van der Waals surface area contributed by atoms with E-state index in [-0.39, 0.29) is 5.43 Å². The Balaban J connectivity index is 2.00. The van der Waals surface area contributed by atoms with E-state index in [1.165, 1.54) is 0 Å². The molecule has 0 spiro atoms. The summed E-state index contributed by atoms with van der Waals surface area (Å²) < 4.78 is 7.30. The second-order valence-electron chi connectivity index (χ2n) is 7.07. The molecule has 1 aromatic heterocycles. The van der Waals surface area contributed by atoms with Crippen LogP contribution in [0.3, 0.4) is 0 Å². The van der Waals surface area contributed by atoms with Crippen molar-refractivity contribution in [3.8, 4) is 22.3 Å². The van der Waals surface area contributed by atoms with Crippen LogP contribution >= 0.6 is 15.9 Å². The van der Waals surface area contributed by atoms with Gasteiger partial charge in [0, 0.05) is 10.0 Å². The maximum atomic E-state index is 13.4. The number of halogens is 1. The third-order valence-electron chi connectivity index (χ3n) is 5.35. The van der Waals surface area contributed by atoms with Crippen LogP contribution in [0, 0.1) is 6.92 Å². The van der Waals surface area contributed by atoms with Crippen LogP contribution in [0.5, 0.6) is 0 Å². The summed E-state index contributed by atoms with van der Waals surface area (Å²) >= 11 is 3.67. The molecule has 0 aliphatic heterocycles. The fourth-order valence-electron chi connectivity index (χ4n) is 3.94. The Morgan fingerprint density at radius 1 is 0.759 bits per heavy atom. The summed E-state index contributed by atoms with van der Waals surface area (Å²) in [4.78, 5) is 13.4. The summed E-state index contributed by atoms with van der Waals surface area (Å²) in [5, 5.41) is 1.19. The van der Waals surface area contributed by atoms with Gasteiger partial charge in [-0.1, -0.05) is 76.6 Å². The highest BCUT2D eigenvalue weighted by molar-refractivity contribution is 9.10. The van der Waals surface area contributed by atoms with Gasteiger partial charge in [0.1, 0.15) is 11.2 Å². The van der Waals surface area contributed by atoms with Gasteiger partial charge in [-0.25, -0.2) is 0 Å². The van der Waals surface area contributed by atoms with Crippen molar-refractivity contribution < 1.29 is 4.42 Å². The Hall–Kier alpha value is -3.17. The average Bonchev–Trinajstić information content (AvgIpc) is 2.75. The van der Waals surface area contributed by atoms with E-state index < -0.39 is 0 Å². The van der Waals surface area contributed by atoms with E-state index in [1.54, 1.807) is 0 Å². The largest absolute Gasteiger partial charge is 0.455 e. The third-order valence-corrected chi connectivity index (χ3v) is 6.05. The van der Waals surface area contributed by atoms with Gasteiger partial charge in [0.05, 0.1) is 10.8 Å². The first-order chi connectivity index (χ1) is 14.1. The first-order valence-electron chi connectivity index (χ1n) is 9.44. The molecule has 0 bridgehead atoms. The fraction of sp³-hybridized carbons (Fsp3) is 0.0385. The quantitative estimate of drug-likeness (QED) is 0.268. The molecule has 0 atom stereocenters. The molecule has 3 heteroatoms. The normalized spacial score (nSPS) is 11.2. The van der Waals surface area contributed by atoms with Crippen LogP contribution in [0.1, 0.15) is 5.56 Å². The van der Waals surface area contributed by atoms with Crippen molar-refractivity contribution in [2.45, 2.75) is 6.92 Å². The van der Waals surface area contributed by atoms with Crippen molar-refractivity contribution in [3.05, 3.63) is 105 Å². The SMILES string of the molecule is Cc1c(-c2ccccc2Br)cc2c(=O)c3ccccc3oc2c1-c1ccccc1. The van der Waals surface area contributed by atoms with Gasteiger partial charge in [-0.3, -0.25) is 4.79 Å². The van der Waals surface area contributed by atoms with Gasteiger partial charge in [0.2, 0.25) is 5.43 Å². The van der Waals surface area contributed by atoms with E-state index in [0.717, 1.165) is 32.3 Å². The number of benzene rings is 4. The summed E-state index contributed by atoms with van der Waals surface area (Å²) in [6.45, 7) is 2.09. The molecular weight excluding hydrogens is 424 g/mol. The maximum absolute atomic E-state index is 13.4. The van der Waals surface area contributed by atoms with E-state index in [9.17, 15) is 4.79 Å². The molecule has 5 rings (SSSR count). The summed E-state index contributed by atoms with van der Waals surface area (Å²) in [5.74, 6) is 0. The molecular formula is C26H17BrO2. The molecule has 29 heavy (non-hydrogen) atoms. The molecule has 0 amide bonds. The van der Waals surface area contributed by atoms with Crippen molar-refractivity contribution >= 4 is 37.9 Å². The molecule has 0 saturated heterocycles. The van der Waals surface area contributed by atoms with E-state index in [0.29, 0.717) is 21.9 Å². The Morgan fingerprint density at radius 3 is 2.24 bits per heavy atom. The molecule has 140 valence electrons. The molecule has 4 aromatic carbocycles. The summed E-state index contributed by atoms with van der Waals surface area (Å²) in [7, 11) is 0. The third kappa shape index (κ3) is 2.90. The van der Waals surface area contributed by atoms with E-state index in [2.05, 4.69) is 41.1 Å². The second-order valence-corrected chi connectivity index (χ2v) is 7.93. The van der Waals surface area contributed by atoms with Gasteiger partial charge in [-0.15, -0.1) is 0 Å². The molecule has 0 fully saturated rings. The van der Waals surface area contributed by atoms with Crippen molar-refractivity contribution in [1.29, 1.82) is 0 Å². The maximum Gasteiger partial charge on any atom is 0.200 e. The van der Waals surface area contributed by atoms with Gasteiger partial charge in [-0.2, -0.15) is 0 Å². The number of rotatable bonds is 2. The van der Waals surface area contributed by atoms with E-state index in [1.807, 2.05) is 66.7 Å². The Bertz CT molecular complexity index is 1430. The lowest BCUT2D eigenvalue weighted by atomic mass is 9.90. The van der Waals surface area contributed by atoms with Crippen molar-refractivity contribution in [3.63, 3.8) is 0 Å². The van der Waals surface area contributed by atoms with Gasteiger partial charge >= 0.3 is 0 Å². The molecule has 0 unspecified atom stereocenters. The molecule has 0 aliphatic rings. The zero-order valence-electron chi connectivity index (χ0n) is 15.8. The number of para-hydroxylation sites is 1. The highest BCUT2D eigenvalue weighted by Crippen LogP contribution is 2.40. The number of hydrogen-bond acceptors (Lipinski definition) is 2. The van der Waals surface area contributed by atoms with Crippen molar-refractivity contribution in [2.75, 3.05) is 0 Å². The van der Waals surface area contributed by atoms with Crippen LogP contribution in [-0.4, -0.2) is 0 Å². The zero-order chi connectivity index (χ0) is 20.0. The number of hydrogen-bond donors (Lipinski definition) is 0. The van der Waals surface area contributed by atoms with Gasteiger partial charge in [-0.05, 0) is 53.4 Å². The Labute approximate surface area is 176 Å². The van der Waals surface area contributed by atoms with Gasteiger partial charge in [0.15, 0.2) is 0 Å². The van der Waals surface area contributed by atoms with Gasteiger partial charge in [0.25, 0.3) is 0 Å². The van der Waals surface area contributed by atoms with Crippen LogP contribution in [0.4, 0.5) is 0 Å². The minimum absolute atomic E-state index is 0.00710. The van der Waals surface area contributed by atoms with Crippen LogP contribution in [0.2, 0.25) is 0 Å². The van der Waals surface area contributed by atoms with Gasteiger partial charge < -0.3 is 4.42 Å². The summed E-state index contributed by atoms with van der Waals surface area (Å²) in [5.41, 5.74) is 6.37. The van der Waals surface area contributed by atoms with Crippen LogP contribution in [0.15, 0.2) is 98.6 Å². The van der Waals surface area contributed by atoms with Crippen LogP contribution in [-0.2, 0) is 0 Å². The minimum Gasteiger partial charge on any atom is -0.455 e. The molecule has 5 aromatic rings. The molecule has 0 N–H and O–H groups in total. The lowest BCUT2D eigenvalue weighted by Gasteiger charge is -2.16. The van der Waals surface area contributed by atoms with Crippen LogP contribution in [0.25, 0.3) is 44.2 Å². The first kappa shape index (κ1) is 17.9. The standard InChI is InChI=1S/C26H17BrO2/c1-16-20(18-11-5-7-13-22(18)27)15-21-25(28)19-12-6-8-14-23(19)29-26(21)24(16)17-9-3-2-4-10-17/h2-15H,1H3. The predicted molar refractivity (Wildman–Crippen MR) is 123 cm³/mol. The summed E-state index contributed by atoms with van der Waals surface area (Å²) in [6, 6.07) is 27.6. The van der Waals surface area contributed by atoms with E-state index >= 15 is 0 Å². The van der Waals surface area contributed by atoms with Crippen LogP contribution < -0.4 is 5.43 Å². The molecule has 1 heterocycles.